The van der Waals surface area contributed by atoms with Crippen molar-refractivity contribution in [2.45, 2.75) is 123 Å². The lowest BCUT2D eigenvalue weighted by atomic mass is 9.84. The Balaban J connectivity index is 0.991. The molecule has 1 saturated carbocycles. The highest BCUT2D eigenvalue weighted by molar-refractivity contribution is 6.08. The molecule has 0 bridgehead atoms. The van der Waals surface area contributed by atoms with E-state index in [1.54, 1.807) is 0 Å². The Hall–Kier alpha value is -4.85. The molecular weight excluding hydrogens is 963 g/mol. The van der Waals surface area contributed by atoms with E-state index < -0.39 is 141 Å². The number of nitrogens with zero attached hydrogens (tertiary/aromatic N) is 2. The van der Waals surface area contributed by atoms with Gasteiger partial charge in [-0.15, -0.1) is 0 Å². The Morgan fingerprint density at radius 1 is 0.712 bits per heavy atom. The maximum atomic E-state index is 13.7. The van der Waals surface area contributed by atoms with Gasteiger partial charge in [-0.25, -0.2) is 9.37 Å². The number of aromatic carboxylic acids is 1. The van der Waals surface area contributed by atoms with Crippen molar-refractivity contribution >= 4 is 28.6 Å². The monoisotopic (exact) mass is 1030 g/mol. The van der Waals surface area contributed by atoms with E-state index in [9.17, 15) is 50.4 Å². The number of anilines is 1. The minimum Gasteiger partial charge on any atom is -0.545 e. The van der Waals surface area contributed by atoms with E-state index in [0.29, 0.717) is 27.9 Å². The fourth-order valence-electron chi connectivity index (χ4n) is 9.70. The maximum absolute atomic E-state index is 13.7. The molecule has 2 aliphatic carbocycles. The molecule has 17 N–H and O–H groups in total. The molecule has 4 heterocycles. The Morgan fingerprint density at radius 2 is 1.33 bits per heavy atom. The van der Waals surface area contributed by atoms with Crippen LogP contribution in [-0.4, -0.2) is 212 Å². The molecule has 19 atom stereocenters. The number of nitrogens with two attached hydrogens (primary N) is 5. The van der Waals surface area contributed by atoms with E-state index in [-0.39, 0.29) is 29.7 Å². The second kappa shape index (κ2) is 22.2. The maximum Gasteiger partial charge on any atom is 0.338 e. The molecule has 73 heavy (non-hydrogen) atoms. The SMILES string of the molecule is CN(C)c1ccc2c(-c3ccc(C(=O)OCC4OC(OC5C(N)CC(N)C(O)C5OC5OC(CO)C(OC6OC(CN)C(O)C(O)C6N)C5O)C(N)C(O)C4O)cc3C(=O)[O-])c3ccc(=[N+](C)C)cc-3oc2c1. The van der Waals surface area contributed by atoms with Gasteiger partial charge in [0.15, 0.2) is 18.9 Å². The number of carbonyl (C=O) groups excluding carboxylic acids is 2. The third-order valence-electron chi connectivity index (χ3n) is 14.0. The van der Waals surface area contributed by atoms with E-state index in [1.165, 1.54) is 12.1 Å². The molecular formula is C48H65N7O18. The molecule has 0 aromatic heterocycles. The number of carbonyl (C=O) groups is 2. The number of hydrogen-bond donors (Lipinski definition) is 12. The molecule has 0 radical (unpaired) electrons. The fraction of sp³-hybridized carbons (Fsp3) is 0.562. The van der Waals surface area contributed by atoms with Crippen molar-refractivity contribution in [2.75, 3.05) is 52.8 Å². The quantitative estimate of drug-likeness (QED) is 0.0318. The predicted octanol–water partition coefficient (Wildman–Crippen LogP) is -6.02. The van der Waals surface area contributed by atoms with Crippen LogP contribution in [0.25, 0.3) is 33.4 Å². The summed E-state index contributed by atoms with van der Waals surface area (Å²) in [7, 11) is 7.50. The van der Waals surface area contributed by atoms with Gasteiger partial charge in [-0.2, -0.15) is 0 Å². The molecule has 25 nitrogen and oxygen atoms in total. The summed E-state index contributed by atoms with van der Waals surface area (Å²) in [4.78, 5) is 28.5. The van der Waals surface area contributed by atoms with Crippen molar-refractivity contribution in [3.63, 3.8) is 0 Å². The molecule has 25 heteroatoms. The number of hydrogen-bond acceptors (Lipinski definition) is 24. The van der Waals surface area contributed by atoms with Crippen molar-refractivity contribution in [1.29, 1.82) is 0 Å². The summed E-state index contributed by atoms with van der Waals surface area (Å²) in [5.41, 5.74) is 32.9. The molecule has 400 valence electrons. The van der Waals surface area contributed by atoms with Gasteiger partial charge in [0.1, 0.15) is 99.2 Å². The number of benzene rings is 3. The van der Waals surface area contributed by atoms with Crippen LogP contribution < -0.4 is 48.6 Å². The van der Waals surface area contributed by atoms with Crippen molar-refractivity contribution in [2.24, 2.45) is 28.7 Å². The average Bonchev–Trinajstić information content (AvgIpc) is 3.66. The van der Waals surface area contributed by atoms with Crippen LogP contribution in [0.5, 0.6) is 0 Å². The lowest BCUT2D eigenvalue weighted by Crippen LogP contribution is -2.68. The van der Waals surface area contributed by atoms with E-state index in [0.717, 1.165) is 17.1 Å². The molecule has 2 aromatic carbocycles. The number of carboxylic acid groups (broad SMARTS) is 1. The van der Waals surface area contributed by atoms with Crippen LogP contribution in [-0.2, 0) is 33.2 Å². The van der Waals surface area contributed by atoms with E-state index >= 15 is 0 Å². The number of aliphatic hydroxyl groups excluding tert-OH is 7. The van der Waals surface area contributed by atoms with Gasteiger partial charge in [0, 0.05) is 72.6 Å². The standard InChI is InChI=1S/C48H65N7O18/c1-54(2)19-6-9-22-27(12-19)67-28-13-20(55(3)4)7-10-23(28)32(22)21-8-5-18(11-24(21)44(63)64)45(65)66-17-31-37(59)39(61)34(53)47(70-31)71-41-26(51)14-25(50)35(57)43(41)73-48-40(62)42(30(16-56)69-48)72-46-33(52)38(60)36(58)29(15-49)68-46/h5-13,25-26,29-31,33-43,46-48,56-62H,14-17,49-53H2,1-4H3. The smallest absolute Gasteiger partial charge is 0.338 e. The molecule has 19 unspecified atom stereocenters. The highest BCUT2D eigenvalue weighted by atomic mass is 16.8. The lowest BCUT2D eigenvalue weighted by molar-refractivity contribution is -0.310. The Kier molecular flexibility index (Phi) is 16.5. The van der Waals surface area contributed by atoms with Gasteiger partial charge in [0.2, 0.25) is 5.36 Å². The lowest BCUT2D eigenvalue weighted by Gasteiger charge is -2.47. The van der Waals surface area contributed by atoms with Crippen molar-refractivity contribution < 1.29 is 88.0 Å². The fourth-order valence-corrected chi connectivity index (χ4v) is 9.70. The van der Waals surface area contributed by atoms with Crippen LogP contribution in [0.4, 0.5) is 5.69 Å². The molecule has 6 aliphatic rings. The minimum atomic E-state index is -1.75. The van der Waals surface area contributed by atoms with Crippen LogP contribution >= 0.6 is 0 Å². The zero-order chi connectivity index (χ0) is 52.9. The van der Waals surface area contributed by atoms with Crippen molar-refractivity contribution in [1.82, 2.24) is 4.58 Å². The minimum absolute atomic E-state index is 0.0419. The summed E-state index contributed by atoms with van der Waals surface area (Å²) in [5.74, 6) is -2.14. The predicted molar refractivity (Wildman–Crippen MR) is 254 cm³/mol. The van der Waals surface area contributed by atoms with Gasteiger partial charge in [-0.3, -0.25) is 0 Å². The van der Waals surface area contributed by atoms with E-state index in [4.69, 9.17) is 66.2 Å². The van der Waals surface area contributed by atoms with Gasteiger partial charge in [-0.05, 0) is 42.3 Å². The third kappa shape index (κ3) is 10.7. The number of aliphatic hydroxyl groups is 7. The molecule has 0 spiro atoms. The van der Waals surface area contributed by atoms with Crippen LogP contribution in [0.1, 0.15) is 27.1 Å². The highest BCUT2D eigenvalue weighted by Crippen LogP contribution is 2.42. The first-order valence-corrected chi connectivity index (χ1v) is 23.7. The summed E-state index contributed by atoms with van der Waals surface area (Å²) in [6.45, 7) is -1.66. The van der Waals surface area contributed by atoms with Crippen molar-refractivity contribution in [3.8, 4) is 22.5 Å². The first-order chi connectivity index (χ1) is 34.6. The second-order valence-corrected chi connectivity index (χ2v) is 19.3. The van der Waals surface area contributed by atoms with E-state index in [2.05, 4.69) is 0 Å². The molecule has 4 aliphatic heterocycles. The van der Waals surface area contributed by atoms with Crippen LogP contribution in [0.15, 0.2) is 59.0 Å². The third-order valence-corrected chi connectivity index (χ3v) is 14.0. The van der Waals surface area contributed by atoms with Gasteiger partial charge < -0.3 is 117 Å². The van der Waals surface area contributed by atoms with Crippen LogP contribution in [0.3, 0.4) is 0 Å². The molecule has 2 aromatic rings. The molecule has 4 fully saturated rings. The average molecular weight is 1030 g/mol. The summed E-state index contributed by atoms with van der Waals surface area (Å²) < 4.78 is 49.4. The van der Waals surface area contributed by atoms with Crippen molar-refractivity contribution in [3.05, 3.63) is 71.1 Å². The molecule has 0 amide bonds. The van der Waals surface area contributed by atoms with Gasteiger partial charge in [0.05, 0.1) is 42.4 Å². The zero-order valence-electron chi connectivity index (χ0n) is 40.4. The Labute approximate surface area is 418 Å². The van der Waals surface area contributed by atoms with Crippen LogP contribution in [0.2, 0.25) is 0 Å². The number of rotatable bonds is 14. The molecule has 8 rings (SSSR count). The van der Waals surface area contributed by atoms with Gasteiger partial charge >= 0.3 is 5.97 Å². The first kappa shape index (κ1) is 54.4. The van der Waals surface area contributed by atoms with Crippen LogP contribution in [0, 0.1) is 0 Å². The Bertz CT molecular complexity index is 2650. The van der Waals surface area contributed by atoms with E-state index in [1.807, 2.05) is 74.1 Å². The summed E-state index contributed by atoms with van der Waals surface area (Å²) >= 11 is 0. The number of esters is 1. The van der Waals surface area contributed by atoms with Gasteiger partial charge in [0.25, 0.3) is 0 Å². The first-order valence-electron chi connectivity index (χ1n) is 23.7. The number of carboxylic acids is 1. The zero-order valence-corrected chi connectivity index (χ0v) is 40.4. The topological polar surface area (TPSA) is 413 Å². The normalized spacial score (nSPS) is 35.8. The highest BCUT2D eigenvalue weighted by Gasteiger charge is 2.54. The summed E-state index contributed by atoms with van der Waals surface area (Å²) in [5, 5.41) is 90.3. The summed E-state index contributed by atoms with van der Waals surface area (Å²) in [6, 6.07) is 10.2. The summed E-state index contributed by atoms with van der Waals surface area (Å²) in [6.07, 6.45) is -22.7. The molecule has 3 saturated heterocycles. The Morgan fingerprint density at radius 3 is 1.96 bits per heavy atom. The number of fused-ring (bicyclic) bond motifs is 2. The number of ether oxygens (including phenoxy) is 7. The largest absolute Gasteiger partial charge is 0.545 e. The van der Waals surface area contributed by atoms with Gasteiger partial charge in [-0.1, -0.05) is 6.07 Å². The second-order valence-electron chi connectivity index (χ2n) is 19.3.